The maximum absolute atomic E-state index is 15.0. The van der Waals surface area contributed by atoms with Crippen LogP contribution in [0.25, 0.3) is 22.7 Å². The SMILES string of the molecule is CC1=Cc2c(n(-c3ccc(C)cc3)c3c(F)c(F)c(C)cc23)C(F)C1F. The normalized spacial score (nSPS) is 19.6. The zero-order chi connectivity index (χ0) is 18.7. The number of aromatic nitrogens is 1. The van der Waals surface area contributed by atoms with Gasteiger partial charge >= 0.3 is 0 Å². The van der Waals surface area contributed by atoms with Gasteiger partial charge in [-0.3, -0.25) is 0 Å². The molecule has 2 unspecified atom stereocenters. The zero-order valence-electron chi connectivity index (χ0n) is 14.6. The van der Waals surface area contributed by atoms with Crippen LogP contribution in [0.1, 0.15) is 35.5 Å². The maximum Gasteiger partial charge on any atom is 0.183 e. The highest BCUT2D eigenvalue weighted by atomic mass is 19.2. The highest BCUT2D eigenvalue weighted by Gasteiger charge is 2.36. The topological polar surface area (TPSA) is 4.93 Å². The molecule has 0 fully saturated rings. The van der Waals surface area contributed by atoms with Gasteiger partial charge in [-0.2, -0.15) is 0 Å². The molecule has 1 aliphatic rings. The summed E-state index contributed by atoms with van der Waals surface area (Å²) >= 11 is 0. The van der Waals surface area contributed by atoms with Crippen LogP contribution in [0.5, 0.6) is 0 Å². The molecule has 2 atom stereocenters. The number of fused-ring (bicyclic) bond motifs is 3. The van der Waals surface area contributed by atoms with Crippen LogP contribution in [0.4, 0.5) is 17.6 Å². The summed E-state index contributed by atoms with van der Waals surface area (Å²) in [6.45, 7) is 4.85. The van der Waals surface area contributed by atoms with Crippen molar-refractivity contribution in [2.75, 3.05) is 0 Å². The molecule has 1 aliphatic carbocycles. The van der Waals surface area contributed by atoms with Crippen molar-refractivity contribution in [3.05, 3.63) is 69.9 Å². The van der Waals surface area contributed by atoms with Crippen molar-refractivity contribution in [2.45, 2.75) is 33.1 Å². The van der Waals surface area contributed by atoms with Crippen molar-refractivity contribution in [3.8, 4) is 5.69 Å². The van der Waals surface area contributed by atoms with Crippen LogP contribution in [0, 0.1) is 25.5 Å². The van der Waals surface area contributed by atoms with Crippen LogP contribution in [0.15, 0.2) is 35.9 Å². The molecule has 1 heterocycles. The fraction of sp³-hybridized carbons (Fsp3) is 0.238. The highest BCUT2D eigenvalue weighted by molar-refractivity contribution is 5.95. The first-order valence-corrected chi connectivity index (χ1v) is 8.37. The largest absolute Gasteiger partial charge is 0.307 e. The minimum Gasteiger partial charge on any atom is -0.307 e. The Balaban J connectivity index is 2.20. The fourth-order valence-corrected chi connectivity index (χ4v) is 3.61. The second-order valence-electron chi connectivity index (χ2n) is 6.88. The molecule has 0 spiro atoms. The molecule has 26 heavy (non-hydrogen) atoms. The number of nitrogens with zero attached hydrogens (tertiary/aromatic N) is 1. The molecule has 134 valence electrons. The van der Waals surface area contributed by atoms with Gasteiger partial charge in [0.15, 0.2) is 24.0 Å². The summed E-state index contributed by atoms with van der Waals surface area (Å²) in [5.74, 6) is -2.03. The standard InChI is InChI=1S/C21H17F4N/c1-10-4-6-13(7-5-10)26-20-14(8-11(2)16(22)18(20)24)15-9-12(3)17(23)19(25)21(15)26/h4-9,16,18H,1-3H3. The summed E-state index contributed by atoms with van der Waals surface area (Å²) < 4.78 is 59.8. The lowest BCUT2D eigenvalue weighted by atomic mass is 9.93. The van der Waals surface area contributed by atoms with Crippen LogP contribution in [-0.2, 0) is 0 Å². The van der Waals surface area contributed by atoms with Gasteiger partial charge in [0.05, 0.1) is 11.2 Å². The van der Waals surface area contributed by atoms with Crippen molar-refractivity contribution in [2.24, 2.45) is 0 Å². The number of allylic oxidation sites excluding steroid dienone is 1. The van der Waals surface area contributed by atoms with Crippen molar-refractivity contribution in [1.29, 1.82) is 0 Å². The lowest BCUT2D eigenvalue weighted by Crippen LogP contribution is -2.19. The van der Waals surface area contributed by atoms with Crippen LogP contribution in [0.2, 0.25) is 0 Å². The quantitative estimate of drug-likeness (QED) is 0.450. The van der Waals surface area contributed by atoms with Crippen LogP contribution >= 0.6 is 0 Å². The fourth-order valence-electron chi connectivity index (χ4n) is 3.61. The number of rotatable bonds is 1. The molecule has 1 nitrogen and oxygen atoms in total. The molecule has 3 aromatic rings. The Morgan fingerprint density at radius 1 is 0.885 bits per heavy atom. The van der Waals surface area contributed by atoms with Gasteiger partial charge in [0.2, 0.25) is 0 Å². The van der Waals surface area contributed by atoms with Crippen LogP contribution in [0.3, 0.4) is 0 Å². The molecule has 0 aliphatic heterocycles. The number of hydrogen-bond acceptors (Lipinski definition) is 0. The average Bonchev–Trinajstić information content (AvgIpc) is 2.93. The van der Waals surface area contributed by atoms with Crippen molar-refractivity contribution >= 4 is 17.0 Å². The first-order chi connectivity index (χ1) is 12.3. The molecule has 4 rings (SSSR count). The molecule has 5 heteroatoms. The zero-order valence-corrected chi connectivity index (χ0v) is 14.6. The average molecular weight is 359 g/mol. The Kier molecular flexibility index (Phi) is 3.72. The molecule has 0 radical (unpaired) electrons. The van der Waals surface area contributed by atoms with E-state index < -0.39 is 24.0 Å². The third kappa shape index (κ3) is 2.23. The Labute approximate surface area is 148 Å². The molecule has 0 saturated carbocycles. The van der Waals surface area contributed by atoms with E-state index in [1.165, 1.54) is 30.6 Å². The number of halogens is 4. The first kappa shape index (κ1) is 16.9. The van der Waals surface area contributed by atoms with E-state index in [2.05, 4.69) is 0 Å². The monoisotopic (exact) mass is 359 g/mol. The van der Waals surface area contributed by atoms with Gasteiger partial charge < -0.3 is 4.57 Å². The summed E-state index contributed by atoms with van der Waals surface area (Å²) in [6, 6.07) is 8.46. The summed E-state index contributed by atoms with van der Waals surface area (Å²) in [7, 11) is 0. The first-order valence-electron chi connectivity index (χ1n) is 8.37. The Bertz CT molecular complexity index is 1060. The minimum absolute atomic E-state index is 0.0193. The van der Waals surface area contributed by atoms with Crippen molar-refractivity contribution in [3.63, 3.8) is 0 Å². The summed E-state index contributed by atoms with van der Waals surface area (Å²) in [6.07, 6.45) is -2.24. The van der Waals surface area contributed by atoms with Gasteiger partial charge in [0, 0.05) is 16.6 Å². The van der Waals surface area contributed by atoms with Crippen LogP contribution in [-0.4, -0.2) is 10.7 Å². The van der Waals surface area contributed by atoms with E-state index >= 15 is 0 Å². The predicted octanol–water partition coefficient (Wildman–Crippen LogP) is 6.29. The van der Waals surface area contributed by atoms with E-state index in [4.69, 9.17) is 0 Å². The highest BCUT2D eigenvalue weighted by Crippen LogP contribution is 2.44. The molecular weight excluding hydrogens is 342 g/mol. The Morgan fingerprint density at radius 2 is 1.54 bits per heavy atom. The Morgan fingerprint density at radius 3 is 2.19 bits per heavy atom. The second kappa shape index (κ2) is 5.73. The van der Waals surface area contributed by atoms with Gasteiger partial charge in [0.1, 0.15) is 0 Å². The minimum atomic E-state index is -1.95. The van der Waals surface area contributed by atoms with Crippen molar-refractivity contribution < 1.29 is 17.6 Å². The van der Waals surface area contributed by atoms with E-state index in [0.717, 1.165) is 5.56 Å². The van der Waals surface area contributed by atoms with E-state index in [0.29, 0.717) is 16.6 Å². The molecule has 0 saturated heterocycles. The van der Waals surface area contributed by atoms with Gasteiger partial charge in [-0.15, -0.1) is 0 Å². The van der Waals surface area contributed by atoms with Crippen LogP contribution < -0.4 is 0 Å². The lowest BCUT2D eigenvalue weighted by Gasteiger charge is -2.22. The van der Waals surface area contributed by atoms with E-state index in [-0.39, 0.29) is 22.3 Å². The molecule has 1 aromatic heterocycles. The van der Waals surface area contributed by atoms with Gasteiger partial charge in [-0.1, -0.05) is 23.8 Å². The van der Waals surface area contributed by atoms with E-state index in [1.54, 1.807) is 24.3 Å². The van der Waals surface area contributed by atoms with Gasteiger partial charge in [0.25, 0.3) is 0 Å². The molecule has 0 N–H and O–H groups in total. The van der Waals surface area contributed by atoms with E-state index in [1.807, 2.05) is 6.92 Å². The summed E-state index contributed by atoms with van der Waals surface area (Å²) in [4.78, 5) is 0. The number of benzene rings is 2. The Hall–Kier alpha value is -2.56. The maximum atomic E-state index is 15.0. The molecule has 2 aromatic carbocycles. The third-order valence-electron chi connectivity index (χ3n) is 5.01. The number of hydrogen-bond donors (Lipinski definition) is 0. The van der Waals surface area contributed by atoms with E-state index in [9.17, 15) is 17.6 Å². The molecule has 0 bridgehead atoms. The number of aryl methyl sites for hydroxylation is 2. The summed E-state index contributed by atoms with van der Waals surface area (Å²) in [5.41, 5.74) is 2.15. The predicted molar refractivity (Wildman–Crippen MR) is 95.1 cm³/mol. The smallest absolute Gasteiger partial charge is 0.183 e. The number of alkyl halides is 2. The molecule has 0 amide bonds. The van der Waals surface area contributed by atoms with Crippen molar-refractivity contribution in [1.82, 2.24) is 4.57 Å². The van der Waals surface area contributed by atoms with Gasteiger partial charge in [-0.05, 0) is 50.1 Å². The van der Waals surface area contributed by atoms with Gasteiger partial charge in [-0.25, -0.2) is 17.6 Å². The third-order valence-corrected chi connectivity index (χ3v) is 5.01. The second-order valence-corrected chi connectivity index (χ2v) is 6.88. The lowest BCUT2D eigenvalue weighted by molar-refractivity contribution is 0.190. The molecular formula is C21H17F4N. The summed E-state index contributed by atoms with van der Waals surface area (Å²) in [5, 5.41) is 0.380.